The number of carbonyl (C=O) groups excluding carboxylic acids is 2. The van der Waals surface area contributed by atoms with Crippen LogP contribution in [0.4, 0.5) is 0 Å². The van der Waals surface area contributed by atoms with E-state index in [1.807, 2.05) is 0 Å². The SMILES string of the molecule is C[C@@H](CC(=O)NCC(C)(C)C(N)=O)C1CC1. The molecule has 0 aromatic heterocycles. The molecule has 0 aromatic rings. The molecule has 1 rings (SSSR count). The smallest absolute Gasteiger partial charge is 0.224 e. The van der Waals surface area contributed by atoms with Crippen LogP contribution in [0.3, 0.4) is 0 Å². The number of hydrogen-bond donors (Lipinski definition) is 2. The summed E-state index contributed by atoms with van der Waals surface area (Å²) in [5.41, 5.74) is 4.56. The molecule has 92 valence electrons. The average Bonchev–Trinajstić information content (AvgIpc) is 2.97. The van der Waals surface area contributed by atoms with Crippen LogP contribution in [0.2, 0.25) is 0 Å². The molecule has 1 atom stereocenters. The van der Waals surface area contributed by atoms with Crippen LogP contribution in [0.15, 0.2) is 0 Å². The van der Waals surface area contributed by atoms with Gasteiger partial charge in [0.15, 0.2) is 0 Å². The van der Waals surface area contributed by atoms with Gasteiger partial charge in [0, 0.05) is 13.0 Å². The van der Waals surface area contributed by atoms with E-state index >= 15 is 0 Å². The third-order valence-corrected chi connectivity index (χ3v) is 3.33. The number of rotatable bonds is 6. The van der Waals surface area contributed by atoms with Crippen molar-refractivity contribution in [2.24, 2.45) is 23.0 Å². The Hall–Kier alpha value is -1.06. The minimum atomic E-state index is -0.668. The van der Waals surface area contributed by atoms with E-state index in [1.165, 1.54) is 12.8 Å². The fraction of sp³-hybridized carbons (Fsp3) is 0.833. The minimum Gasteiger partial charge on any atom is -0.369 e. The molecule has 1 fully saturated rings. The van der Waals surface area contributed by atoms with Gasteiger partial charge in [0.1, 0.15) is 0 Å². The summed E-state index contributed by atoms with van der Waals surface area (Å²) in [5.74, 6) is 0.823. The van der Waals surface area contributed by atoms with Crippen molar-refractivity contribution in [2.45, 2.75) is 40.0 Å². The lowest BCUT2D eigenvalue weighted by molar-refractivity contribution is -0.127. The highest BCUT2D eigenvalue weighted by Crippen LogP contribution is 2.38. The summed E-state index contributed by atoms with van der Waals surface area (Å²) in [4.78, 5) is 22.6. The Morgan fingerprint density at radius 2 is 2.00 bits per heavy atom. The predicted molar refractivity (Wildman–Crippen MR) is 62.5 cm³/mol. The van der Waals surface area contributed by atoms with Crippen molar-refractivity contribution in [1.29, 1.82) is 0 Å². The highest BCUT2D eigenvalue weighted by molar-refractivity contribution is 5.82. The van der Waals surface area contributed by atoms with Crippen molar-refractivity contribution < 1.29 is 9.59 Å². The van der Waals surface area contributed by atoms with E-state index < -0.39 is 5.41 Å². The average molecular weight is 226 g/mol. The van der Waals surface area contributed by atoms with Gasteiger partial charge < -0.3 is 11.1 Å². The summed E-state index contributed by atoms with van der Waals surface area (Å²) in [5, 5.41) is 2.78. The maximum atomic E-state index is 11.6. The number of carbonyl (C=O) groups is 2. The standard InChI is InChI=1S/C12H22N2O2/c1-8(9-4-5-9)6-10(15)14-7-12(2,3)11(13)16/h8-9H,4-7H2,1-3H3,(H2,13,16)(H,14,15)/t8-/m0/s1. The molecule has 1 saturated carbocycles. The van der Waals surface area contributed by atoms with Crippen molar-refractivity contribution >= 4 is 11.8 Å². The second-order valence-corrected chi connectivity index (χ2v) is 5.54. The Morgan fingerprint density at radius 1 is 1.44 bits per heavy atom. The lowest BCUT2D eigenvalue weighted by Crippen LogP contribution is -2.42. The Morgan fingerprint density at radius 3 is 2.44 bits per heavy atom. The molecular formula is C12H22N2O2. The number of nitrogens with one attached hydrogen (secondary N) is 1. The number of hydrogen-bond acceptors (Lipinski definition) is 2. The molecule has 0 spiro atoms. The minimum absolute atomic E-state index is 0.0220. The molecular weight excluding hydrogens is 204 g/mol. The van der Waals surface area contributed by atoms with E-state index in [4.69, 9.17) is 5.73 Å². The summed E-state index contributed by atoms with van der Waals surface area (Å²) in [6.07, 6.45) is 3.06. The van der Waals surface area contributed by atoms with Crippen LogP contribution in [-0.4, -0.2) is 18.4 Å². The molecule has 0 bridgehead atoms. The first-order valence-electron chi connectivity index (χ1n) is 5.89. The van der Waals surface area contributed by atoms with Gasteiger partial charge in [-0.3, -0.25) is 9.59 Å². The zero-order valence-electron chi connectivity index (χ0n) is 10.4. The number of primary amides is 1. The van der Waals surface area contributed by atoms with Crippen LogP contribution in [0.5, 0.6) is 0 Å². The maximum absolute atomic E-state index is 11.6. The fourth-order valence-electron chi connectivity index (χ4n) is 1.60. The highest BCUT2D eigenvalue weighted by atomic mass is 16.2. The summed E-state index contributed by atoms with van der Waals surface area (Å²) in [6, 6.07) is 0. The first kappa shape index (κ1) is 13.0. The highest BCUT2D eigenvalue weighted by Gasteiger charge is 2.30. The van der Waals surface area contributed by atoms with Crippen molar-refractivity contribution in [3.05, 3.63) is 0 Å². The van der Waals surface area contributed by atoms with Crippen molar-refractivity contribution in [3.63, 3.8) is 0 Å². The molecule has 4 heteroatoms. The Kier molecular flexibility index (Phi) is 3.94. The molecule has 0 radical (unpaired) electrons. The van der Waals surface area contributed by atoms with Crippen LogP contribution in [0.25, 0.3) is 0 Å². The van der Waals surface area contributed by atoms with Crippen LogP contribution in [0, 0.1) is 17.3 Å². The van der Waals surface area contributed by atoms with Gasteiger partial charge in [-0.2, -0.15) is 0 Å². The van der Waals surface area contributed by atoms with Gasteiger partial charge in [-0.15, -0.1) is 0 Å². The maximum Gasteiger partial charge on any atom is 0.224 e. The van der Waals surface area contributed by atoms with Gasteiger partial charge in [0.25, 0.3) is 0 Å². The molecule has 4 nitrogen and oxygen atoms in total. The Bertz CT molecular complexity index is 283. The molecule has 0 heterocycles. The summed E-state index contributed by atoms with van der Waals surface area (Å²) < 4.78 is 0. The topological polar surface area (TPSA) is 72.2 Å². The van der Waals surface area contributed by atoms with Crippen molar-refractivity contribution in [1.82, 2.24) is 5.32 Å². The first-order chi connectivity index (χ1) is 7.33. The van der Waals surface area contributed by atoms with Crippen LogP contribution in [-0.2, 0) is 9.59 Å². The second-order valence-electron chi connectivity index (χ2n) is 5.54. The van der Waals surface area contributed by atoms with Crippen molar-refractivity contribution in [2.75, 3.05) is 6.54 Å². The fourth-order valence-corrected chi connectivity index (χ4v) is 1.60. The van der Waals surface area contributed by atoms with Crippen LogP contribution in [0.1, 0.15) is 40.0 Å². The molecule has 0 aliphatic heterocycles. The Labute approximate surface area is 97.0 Å². The molecule has 0 aromatic carbocycles. The molecule has 1 aliphatic rings. The normalized spacial score (nSPS) is 17.9. The van der Waals surface area contributed by atoms with E-state index in [2.05, 4.69) is 12.2 Å². The largest absolute Gasteiger partial charge is 0.369 e. The monoisotopic (exact) mass is 226 g/mol. The van der Waals surface area contributed by atoms with Gasteiger partial charge in [0.05, 0.1) is 5.41 Å². The van der Waals surface area contributed by atoms with Crippen molar-refractivity contribution in [3.8, 4) is 0 Å². The Balaban J connectivity index is 2.26. The molecule has 1 aliphatic carbocycles. The quantitative estimate of drug-likeness (QED) is 0.710. The van der Waals surface area contributed by atoms with Crippen LogP contribution < -0.4 is 11.1 Å². The summed E-state index contributed by atoms with van der Waals surface area (Å²) >= 11 is 0. The van der Waals surface area contributed by atoms with E-state index in [9.17, 15) is 9.59 Å². The van der Waals surface area contributed by atoms with E-state index in [1.54, 1.807) is 13.8 Å². The lowest BCUT2D eigenvalue weighted by atomic mass is 9.92. The van der Waals surface area contributed by atoms with E-state index in [0.717, 1.165) is 5.92 Å². The first-order valence-corrected chi connectivity index (χ1v) is 5.89. The van der Waals surface area contributed by atoms with Gasteiger partial charge in [-0.05, 0) is 38.5 Å². The molecule has 0 saturated heterocycles. The summed E-state index contributed by atoms with van der Waals surface area (Å²) in [6.45, 7) is 5.90. The predicted octanol–water partition coefficient (Wildman–Crippen LogP) is 1.05. The molecule has 0 unspecified atom stereocenters. The zero-order valence-corrected chi connectivity index (χ0v) is 10.4. The third-order valence-electron chi connectivity index (χ3n) is 3.33. The van der Waals surface area contributed by atoms with Gasteiger partial charge in [-0.25, -0.2) is 0 Å². The molecule has 2 amide bonds. The van der Waals surface area contributed by atoms with Gasteiger partial charge in [-0.1, -0.05) is 6.92 Å². The summed E-state index contributed by atoms with van der Waals surface area (Å²) in [7, 11) is 0. The van der Waals surface area contributed by atoms with Crippen LogP contribution >= 0.6 is 0 Å². The zero-order chi connectivity index (χ0) is 12.3. The van der Waals surface area contributed by atoms with E-state index in [-0.39, 0.29) is 11.8 Å². The third kappa shape index (κ3) is 3.83. The number of amides is 2. The lowest BCUT2D eigenvalue weighted by Gasteiger charge is -2.21. The molecule has 16 heavy (non-hydrogen) atoms. The molecule has 3 N–H and O–H groups in total. The van der Waals surface area contributed by atoms with Gasteiger partial charge in [0.2, 0.25) is 11.8 Å². The number of nitrogens with two attached hydrogens (primary N) is 1. The van der Waals surface area contributed by atoms with Gasteiger partial charge >= 0.3 is 0 Å². The van der Waals surface area contributed by atoms with E-state index in [0.29, 0.717) is 18.9 Å². The second kappa shape index (κ2) is 4.85.